The van der Waals surface area contributed by atoms with Gasteiger partial charge >= 0.3 is 0 Å². The van der Waals surface area contributed by atoms with Crippen LogP contribution in [0.5, 0.6) is 0 Å². The Morgan fingerprint density at radius 3 is 2.64 bits per heavy atom. The van der Waals surface area contributed by atoms with Crippen molar-refractivity contribution in [2.45, 2.75) is 19.4 Å². The zero-order chi connectivity index (χ0) is 8.69. The molecule has 0 aliphatic rings. The lowest BCUT2D eigenvalue weighted by Crippen LogP contribution is -2.35. The van der Waals surface area contributed by atoms with Crippen molar-refractivity contribution >= 4 is 0 Å². The van der Waals surface area contributed by atoms with Gasteiger partial charge in [0.25, 0.3) is 0 Å². The average molecular weight is 156 g/mol. The van der Waals surface area contributed by atoms with E-state index in [9.17, 15) is 0 Å². The summed E-state index contributed by atoms with van der Waals surface area (Å²) in [7, 11) is 4.19. The van der Waals surface area contributed by atoms with Gasteiger partial charge in [-0.1, -0.05) is 6.08 Å². The zero-order valence-electron chi connectivity index (χ0n) is 7.93. The molecule has 11 heavy (non-hydrogen) atoms. The first-order chi connectivity index (χ1) is 5.18. The normalized spacial score (nSPS) is 13.5. The summed E-state index contributed by atoms with van der Waals surface area (Å²) < 4.78 is 0. The summed E-state index contributed by atoms with van der Waals surface area (Å²) in [6.07, 6.45) is 2.99. The molecule has 1 atom stereocenters. The molecule has 2 nitrogen and oxygen atoms in total. The van der Waals surface area contributed by atoms with Crippen molar-refractivity contribution in [3.05, 3.63) is 12.7 Å². The maximum absolute atomic E-state index is 3.66. The van der Waals surface area contributed by atoms with Crippen LogP contribution in [0.4, 0.5) is 0 Å². The van der Waals surface area contributed by atoms with Crippen molar-refractivity contribution in [1.82, 2.24) is 10.2 Å². The van der Waals surface area contributed by atoms with E-state index in [4.69, 9.17) is 0 Å². The third-order valence-electron chi connectivity index (χ3n) is 1.85. The van der Waals surface area contributed by atoms with Crippen molar-refractivity contribution in [2.75, 3.05) is 27.2 Å². The first-order valence-corrected chi connectivity index (χ1v) is 4.16. The maximum atomic E-state index is 3.66. The molecule has 0 amide bonds. The molecule has 0 aliphatic carbocycles. The Morgan fingerprint density at radius 1 is 1.55 bits per heavy atom. The first-order valence-electron chi connectivity index (χ1n) is 4.16. The topological polar surface area (TPSA) is 15.3 Å². The second kappa shape index (κ2) is 6.38. The highest BCUT2D eigenvalue weighted by molar-refractivity contribution is 4.69. The molecule has 1 N–H and O–H groups in total. The molecule has 0 radical (unpaired) electrons. The van der Waals surface area contributed by atoms with Gasteiger partial charge in [-0.2, -0.15) is 0 Å². The molecule has 66 valence electrons. The van der Waals surface area contributed by atoms with Gasteiger partial charge in [-0.25, -0.2) is 0 Å². The fourth-order valence-corrected chi connectivity index (χ4v) is 0.698. The van der Waals surface area contributed by atoms with Crippen LogP contribution in [0.1, 0.15) is 13.3 Å². The fourth-order valence-electron chi connectivity index (χ4n) is 0.698. The minimum absolute atomic E-state index is 0.611. The van der Waals surface area contributed by atoms with Crippen LogP contribution < -0.4 is 5.32 Å². The van der Waals surface area contributed by atoms with E-state index in [0.29, 0.717) is 6.04 Å². The summed E-state index contributed by atoms with van der Waals surface area (Å²) >= 11 is 0. The van der Waals surface area contributed by atoms with E-state index in [1.54, 1.807) is 0 Å². The van der Waals surface area contributed by atoms with Crippen LogP contribution in [0.15, 0.2) is 12.7 Å². The van der Waals surface area contributed by atoms with Gasteiger partial charge in [0, 0.05) is 12.6 Å². The highest BCUT2D eigenvalue weighted by Gasteiger charge is 2.01. The lowest BCUT2D eigenvalue weighted by molar-refractivity contribution is 0.304. The molecule has 0 rings (SSSR count). The lowest BCUT2D eigenvalue weighted by Gasteiger charge is -2.19. The van der Waals surface area contributed by atoms with Crippen LogP contribution in [0.2, 0.25) is 0 Å². The smallest absolute Gasteiger partial charge is 0.0186 e. The summed E-state index contributed by atoms with van der Waals surface area (Å²) in [6.45, 7) is 7.97. The van der Waals surface area contributed by atoms with Crippen molar-refractivity contribution < 1.29 is 0 Å². The van der Waals surface area contributed by atoms with Crippen LogP contribution in [-0.2, 0) is 0 Å². The molecule has 0 aromatic carbocycles. The Kier molecular flexibility index (Phi) is 6.18. The quantitative estimate of drug-likeness (QED) is 0.457. The van der Waals surface area contributed by atoms with Gasteiger partial charge in [0.05, 0.1) is 0 Å². The molecule has 1 unspecified atom stereocenters. The molecule has 0 spiro atoms. The predicted octanol–water partition coefficient (Wildman–Crippen LogP) is 1.10. The average Bonchev–Trinajstić information content (AvgIpc) is 1.97. The van der Waals surface area contributed by atoms with Crippen LogP contribution in [0, 0.1) is 0 Å². The van der Waals surface area contributed by atoms with E-state index >= 15 is 0 Å². The summed E-state index contributed by atoms with van der Waals surface area (Å²) in [5, 5.41) is 3.35. The number of hydrogen-bond donors (Lipinski definition) is 1. The van der Waals surface area contributed by atoms with Gasteiger partial charge in [0.1, 0.15) is 0 Å². The Hall–Kier alpha value is -0.340. The largest absolute Gasteiger partial charge is 0.315 e. The second-order valence-electron chi connectivity index (χ2n) is 3.09. The number of hydrogen-bond acceptors (Lipinski definition) is 2. The molecule has 0 fully saturated rings. The highest BCUT2D eigenvalue weighted by atomic mass is 15.1. The first kappa shape index (κ1) is 10.7. The molecular formula is C9H20N2. The predicted molar refractivity (Wildman–Crippen MR) is 50.8 cm³/mol. The summed E-state index contributed by atoms with van der Waals surface area (Å²) in [6, 6.07) is 0.611. The summed E-state index contributed by atoms with van der Waals surface area (Å²) in [5.41, 5.74) is 0. The molecule has 2 heteroatoms. The molecular weight excluding hydrogens is 136 g/mol. The highest BCUT2D eigenvalue weighted by Crippen LogP contribution is 1.88. The second-order valence-corrected chi connectivity index (χ2v) is 3.09. The van der Waals surface area contributed by atoms with Crippen molar-refractivity contribution in [3.63, 3.8) is 0 Å². The third-order valence-corrected chi connectivity index (χ3v) is 1.85. The lowest BCUT2D eigenvalue weighted by atomic mass is 10.3. The molecule has 0 aliphatic heterocycles. The van der Waals surface area contributed by atoms with Crippen molar-refractivity contribution in [2.24, 2.45) is 0 Å². The van der Waals surface area contributed by atoms with Crippen molar-refractivity contribution in [3.8, 4) is 0 Å². The monoisotopic (exact) mass is 156 g/mol. The van der Waals surface area contributed by atoms with E-state index in [1.807, 2.05) is 6.08 Å². The minimum atomic E-state index is 0.611. The molecule has 0 aromatic rings. The number of nitrogens with zero attached hydrogens (tertiary/aromatic N) is 1. The Labute approximate surface area is 70.3 Å². The van der Waals surface area contributed by atoms with Crippen LogP contribution in [0.3, 0.4) is 0 Å². The van der Waals surface area contributed by atoms with Gasteiger partial charge in [0.2, 0.25) is 0 Å². The van der Waals surface area contributed by atoms with E-state index < -0.39 is 0 Å². The van der Waals surface area contributed by atoms with E-state index in [-0.39, 0.29) is 0 Å². The van der Waals surface area contributed by atoms with Gasteiger partial charge in [-0.05, 0) is 34.0 Å². The van der Waals surface area contributed by atoms with Crippen LogP contribution in [-0.4, -0.2) is 38.1 Å². The van der Waals surface area contributed by atoms with Crippen LogP contribution >= 0.6 is 0 Å². The SMILES string of the molecule is C=CCCNCC(C)N(C)C. The number of nitrogens with one attached hydrogen (secondary N) is 1. The van der Waals surface area contributed by atoms with Gasteiger partial charge in [-0.15, -0.1) is 6.58 Å². The van der Waals surface area contributed by atoms with Crippen LogP contribution in [0.25, 0.3) is 0 Å². The summed E-state index contributed by atoms with van der Waals surface area (Å²) in [4.78, 5) is 2.21. The molecule has 0 heterocycles. The molecule has 0 saturated heterocycles. The third kappa shape index (κ3) is 6.07. The zero-order valence-corrected chi connectivity index (χ0v) is 7.93. The van der Waals surface area contributed by atoms with Gasteiger partial charge in [-0.3, -0.25) is 0 Å². The standard InChI is InChI=1S/C9H20N2/c1-5-6-7-10-8-9(2)11(3)4/h5,9-10H,1,6-8H2,2-4H3. The Bertz CT molecular complexity index is 99.7. The number of likely N-dealkylation sites (N-methyl/N-ethyl adjacent to an activating group) is 1. The number of rotatable bonds is 6. The maximum Gasteiger partial charge on any atom is 0.0186 e. The molecule has 0 saturated carbocycles. The minimum Gasteiger partial charge on any atom is -0.315 e. The fraction of sp³-hybridized carbons (Fsp3) is 0.778. The van der Waals surface area contributed by atoms with Crippen molar-refractivity contribution in [1.29, 1.82) is 0 Å². The molecule has 0 aromatic heterocycles. The van der Waals surface area contributed by atoms with Gasteiger partial charge in [0.15, 0.2) is 0 Å². The van der Waals surface area contributed by atoms with Gasteiger partial charge < -0.3 is 10.2 Å². The Balaban J connectivity index is 3.17. The van der Waals surface area contributed by atoms with E-state index in [0.717, 1.165) is 19.5 Å². The Morgan fingerprint density at radius 2 is 2.18 bits per heavy atom. The summed E-state index contributed by atoms with van der Waals surface area (Å²) in [5.74, 6) is 0. The van der Waals surface area contributed by atoms with E-state index in [2.05, 4.69) is 37.8 Å². The van der Waals surface area contributed by atoms with E-state index in [1.165, 1.54) is 0 Å². The molecule has 0 bridgehead atoms.